The first-order chi connectivity index (χ1) is 49.6. The molecule has 10 heteroatoms. The third kappa shape index (κ3) is 15.1. The van der Waals surface area contributed by atoms with Crippen LogP contribution in [0.4, 0.5) is 62.6 Å². The van der Waals surface area contributed by atoms with E-state index >= 15 is 0 Å². The van der Waals surface area contributed by atoms with Gasteiger partial charge in [0.25, 0.3) is 0 Å². The Morgan fingerprint density at radius 3 is 0.554 bits per heavy atom. The number of hydrogen-bond donors (Lipinski definition) is 0. The first kappa shape index (κ1) is 66.7. The van der Waals surface area contributed by atoms with Crippen LogP contribution in [0.15, 0.2) is 352 Å². The summed E-state index contributed by atoms with van der Waals surface area (Å²) in [5, 5.41) is 0. The first-order valence-corrected chi connectivity index (χ1v) is 33.4. The molecule has 0 aliphatic carbocycles. The highest BCUT2D eigenvalue weighted by Crippen LogP contribution is 2.43. The summed E-state index contributed by atoms with van der Waals surface area (Å²) in [4.78, 5) is 9.06. The molecule has 13 rings (SSSR count). The molecule has 0 unspecified atom stereocenters. The number of ether oxygens (including phenoxy) is 6. The molecule has 0 amide bonds. The van der Waals surface area contributed by atoms with E-state index in [0.717, 1.165) is 153 Å². The average Bonchev–Trinajstić information content (AvgIpc) is 0.804. The normalized spacial score (nSPS) is 11.3. The number of hydrogen-bond acceptors (Lipinski definition) is 10. The van der Waals surface area contributed by atoms with Crippen LogP contribution in [-0.4, -0.2) is 42.7 Å². The lowest BCUT2D eigenvalue weighted by Gasteiger charge is -2.27. The lowest BCUT2D eigenvalue weighted by atomic mass is 10.0. The van der Waals surface area contributed by atoms with Gasteiger partial charge in [-0.1, -0.05) is 128 Å². The Labute approximate surface area is 593 Å². The second-order valence-corrected chi connectivity index (χ2v) is 24.1. The second-order valence-electron chi connectivity index (χ2n) is 24.1. The fourth-order valence-electron chi connectivity index (χ4n) is 12.6. The Morgan fingerprint density at radius 2 is 0.386 bits per heavy atom. The molecule has 0 atom stereocenters. The molecule has 0 bridgehead atoms. The molecule has 0 N–H and O–H groups in total. The molecule has 0 heterocycles. The molecular weight excluding hydrogens is 1250 g/mol. The van der Waals surface area contributed by atoms with Crippen molar-refractivity contribution in [3.8, 4) is 84.4 Å². The first-order valence-electron chi connectivity index (χ1n) is 33.4. The van der Waals surface area contributed by atoms with Gasteiger partial charge in [-0.25, -0.2) is 0 Å². The van der Waals surface area contributed by atoms with E-state index in [1.165, 1.54) is 0 Å². The van der Waals surface area contributed by atoms with Crippen LogP contribution in [0.5, 0.6) is 28.7 Å². The highest BCUT2D eigenvalue weighted by Gasteiger charge is 2.20. The lowest BCUT2D eigenvalue weighted by molar-refractivity contribution is 0.307. The van der Waals surface area contributed by atoms with E-state index in [-0.39, 0.29) is 0 Å². The van der Waals surface area contributed by atoms with Crippen molar-refractivity contribution >= 4 is 62.6 Å². The number of rotatable bonds is 25. The maximum Gasteiger partial charge on any atom is 0.119 e. The van der Waals surface area contributed by atoms with Crippen LogP contribution in [0.3, 0.4) is 0 Å². The van der Waals surface area contributed by atoms with Crippen molar-refractivity contribution in [2.75, 3.05) is 62.3 Å². The minimum atomic E-state index is 0.678. The fraction of sp³-hybridized carbons (Fsp3) is 0.0769. The molecule has 101 heavy (non-hydrogen) atoms. The zero-order valence-electron chi connectivity index (χ0n) is 57.7. The predicted molar refractivity (Wildman–Crippen MR) is 418 cm³/mol. The third-order valence-electron chi connectivity index (χ3n) is 18.1. The maximum absolute atomic E-state index is 5.61. The molecule has 13 aromatic carbocycles. The minimum Gasteiger partial charge on any atom is -0.497 e. The molecule has 0 spiro atoms. The summed E-state index contributed by atoms with van der Waals surface area (Å²) in [7, 11) is 10.1. The third-order valence-corrected chi connectivity index (χ3v) is 18.1. The van der Waals surface area contributed by atoms with Gasteiger partial charge in [0.1, 0.15) is 34.5 Å². The highest BCUT2D eigenvalue weighted by molar-refractivity contribution is 5.85. The van der Waals surface area contributed by atoms with Gasteiger partial charge in [0, 0.05) is 68.3 Å². The Bertz CT molecular complexity index is 4930. The Balaban J connectivity index is 0.738. The smallest absolute Gasteiger partial charge is 0.119 e. The van der Waals surface area contributed by atoms with Gasteiger partial charge in [-0.3, -0.25) is 0 Å². The summed E-state index contributed by atoms with van der Waals surface area (Å²) in [5.74, 6) is 4.72. The minimum absolute atomic E-state index is 0.678. The Hall–Kier alpha value is -12.9. The van der Waals surface area contributed by atoms with E-state index < -0.39 is 0 Å². The molecule has 0 radical (unpaired) electrons. The monoisotopic (exact) mass is 1320 g/mol. The van der Waals surface area contributed by atoms with Gasteiger partial charge in [0.15, 0.2) is 0 Å². The number of allylic oxidation sites excluding steroid dienone is 4. The van der Waals surface area contributed by atoms with E-state index in [4.69, 9.17) is 28.4 Å². The van der Waals surface area contributed by atoms with Gasteiger partial charge in [-0.15, -0.1) is 0 Å². The molecule has 13 aromatic rings. The van der Waals surface area contributed by atoms with Crippen LogP contribution >= 0.6 is 0 Å². The molecule has 0 saturated carbocycles. The predicted octanol–water partition coefficient (Wildman–Crippen LogP) is 24.2. The number of anilines is 11. The van der Waals surface area contributed by atoms with Crippen LogP contribution in [-0.2, 0) is 4.74 Å². The summed E-state index contributed by atoms with van der Waals surface area (Å²) < 4.78 is 33.1. The lowest BCUT2D eigenvalue weighted by Crippen LogP contribution is -2.14. The standard InChI is InChI=1S/C91H78N4O6/c1-9-86(96-3)53-10-64(2)92(76-33-13-71(14-34-76)73-27-54-87(97-4)55-28-73)75-31-11-65(12-32-75)66-15-35-77(36-16-66)93(83-47-58-89(99-6)59-48-83)78-37-17-67(18-38-78)68-19-39-79(40-20-68)94(84-49-60-90(100-7)61-50-84)80-41-21-69(22-42-80)70-23-43-81(44-24-70)95(85-51-62-91(101-8)63-52-85)82-45-25-72(26-46-82)74-29-56-88(98-5)57-30-74/h9-63H,1H2,2-8H3. The van der Waals surface area contributed by atoms with Gasteiger partial charge < -0.3 is 48.0 Å². The topological polar surface area (TPSA) is 68.3 Å². The number of nitrogens with zero attached hydrogens (tertiary/aromatic N) is 4. The van der Waals surface area contributed by atoms with Crippen LogP contribution in [0, 0.1) is 0 Å². The fourth-order valence-corrected chi connectivity index (χ4v) is 12.6. The molecule has 10 nitrogen and oxygen atoms in total. The zero-order valence-corrected chi connectivity index (χ0v) is 57.7. The highest BCUT2D eigenvalue weighted by atomic mass is 16.5. The zero-order chi connectivity index (χ0) is 69.6. The molecule has 0 aliphatic heterocycles. The van der Waals surface area contributed by atoms with Crippen molar-refractivity contribution in [2.24, 2.45) is 0 Å². The van der Waals surface area contributed by atoms with E-state index in [2.05, 4.69) is 294 Å². The van der Waals surface area contributed by atoms with Crippen molar-refractivity contribution in [1.29, 1.82) is 0 Å². The Morgan fingerprint density at radius 1 is 0.228 bits per heavy atom. The van der Waals surface area contributed by atoms with Gasteiger partial charge in [0.2, 0.25) is 0 Å². The summed E-state index contributed by atoms with van der Waals surface area (Å²) in [6, 6.07) is 111. The quantitative estimate of drug-likeness (QED) is 0.0408. The van der Waals surface area contributed by atoms with Crippen molar-refractivity contribution in [1.82, 2.24) is 0 Å². The van der Waals surface area contributed by atoms with Gasteiger partial charge >= 0.3 is 0 Å². The van der Waals surface area contributed by atoms with E-state index in [1.54, 1.807) is 48.7 Å². The SMILES string of the molecule is C=CC(=CC=C(C)N(c1ccc(-c2ccc(OC)cc2)cc1)c1ccc(-c2ccc(N(c3ccc(OC)cc3)c3ccc(-c4ccc(N(c5ccc(OC)cc5)c5ccc(-c6ccc(N(c7ccc(OC)cc7)c7ccc(-c8ccc(OC)cc8)cc7)cc6)cc5)cc4)cc3)cc2)cc1)OC. The molecule has 0 saturated heterocycles. The number of methoxy groups -OCH3 is 6. The summed E-state index contributed by atoms with van der Waals surface area (Å²) in [6.07, 6.45) is 5.69. The largest absolute Gasteiger partial charge is 0.497 e. The summed E-state index contributed by atoms with van der Waals surface area (Å²) in [6.45, 7) is 6.02. The average molecular weight is 1320 g/mol. The maximum atomic E-state index is 5.61. The van der Waals surface area contributed by atoms with E-state index in [9.17, 15) is 0 Å². The van der Waals surface area contributed by atoms with E-state index in [1.807, 2.05) is 66.7 Å². The number of benzene rings is 13. The second kappa shape index (κ2) is 31.1. The van der Waals surface area contributed by atoms with E-state index in [0.29, 0.717) is 5.76 Å². The van der Waals surface area contributed by atoms with Crippen LogP contribution in [0.2, 0.25) is 0 Å². The van der Waals surface area contributed by atoms with Crippen LogP contribution in [0.25, 0.3) is 55.6 Å². The Kier molecular flexibility index (Phi) is 20.5. The van der Waals surface area contributed by atoms with Crippen LogP contribution in [0.1, 0.15) is 6.92 Å². The summed E-state index contributed by atoms with van der Waals surface area (Å²) in [5.41, 5.74) is 23.3. The molecule has 0 aliphatic rings. The van der Waals surface area contributed by atoms with Crippen molar-refractivity contribution in [2.45, 2.75) is 6.92 Å². The van der Waals surface area contributed by atoms with Gasteiger partial charge in [0.05, 0.1) is 42.7 Å². The van der Waals surface area contributed by atoms with Crippen molar-refractivity contribution < 1.29 is 28.4 Å². The van der Waals surface area contributed by atoms with Crippen molar-refractivity contribution in [3.63, 3.8) is 0 Å². The molecule has 0 fully saturated rings. The molecule has 0 aromatic heterocycles. The molecule has 498 valence electrons. The van der Waals surface area contributed by atoms with Crippen LogP contribution < -0.4 is 43.3 Å². The molecular formula is C91H78N4O6. The summed E-state index contributed by atoms with van der Waals surface area (Å²) >= 11 is 0. The van der Waals surface area contributed by atoms with Gasteiger partial charge in [-0.05, 0) is 275 Å². The van der Waals surface area contributed by atoms with Crippen molar-refractivity contribution in [3.05, 3.63) is 352 Å². The van der Waals surface area contributed by atoms with Gasteiger partial charge in [-0.2, -0.15) is 0 Å².